The van der Waals surface area contributed by atoms with Crippen LogP contribution in [0, 0.1) is 0 Å². The van der Waals surface area contributed by atoms with E-state index >= 15 is 0 Å². The van der Waals surface area contributed by atoms with Crippen molar-refractivity contribution in [3.63, 3.8) is 0 Å². The van der Waals surface area contributed by atoms with Crippen LogP contribution in [0.1, 0.15) is 11.1 Å². The highest BCUT2D eigenvalue weighted by molar-refractivity contribution is 5.41. The summed E-state index contributed by atoms with van der Waals surface area (Å²) in [7, 11) is 3.33. The molecule has 0 atom stereocenters. The molecule has 0 saturated carbocycles. The lowest BCUT2D eigenvalue weighted by atomic mass is 10.2. The largest absolute Gasteiger partial charge is 0.497 e. The second kappa shape index (κ2) is 8.69. The molecule has 0 unspecified atom stereocenters. The number of pyridine rings is 1. The van der Waals surface area contributed by atoms with Crippen LogP contribution in [-0.4, -0.2) is 45.5 Å². The molecule has 1 aromatic carbocycles. The lowest BCUT2D eigenvalue weighted by Gasteiger charge is -2.27. The summed E-state index contributed by atoms with van der Waals surface area (Å²) in [5.74, 6) is 2.64. The van der Waals surface area contributed by atoms with Crippen molar-refractivity contribution < 1.29 is 14.2 Å². The van der Waals surface area contributed by atoms with Gasteiger partial charge in [-0.25, -0.2) is 4.98 Å². The van der Waals surface area contributed by atoms with E-state index in [1.54, 1.807) is 14.2 Å². The Balaban J connectivity index is 1.53. The third-order valence-corrected chi connectivity index (χ3v) is 4.28. The molecule has 1 saturated heterocycles. The summed E-state index contributed by atoms with van der Waals surface area (Å²) in [4.78, 5) is 6.83. The van der Waals surface area contributed by atoms with Gasteiger partial charge in [0, 0.05) is 44.0 Å². The summed E-state index contributed by atoms with van der Waals surface area (Å²) in [6, 6.07) is 10.1. The van der Waals surface area contributed by atoms with Gasteiger partial charge < -0.3 is 24.4 Å². The van der Waals surface area contributed by atoms with E-state index in [1.165, 1.54) is 0 Å². The number of benzene rings is 1. The lowest BCUT2D eigenvalue weighted by molar-refractivity contribution is 0.122. The van der Waals surface area contributed by atoms with Crippen molar-refractivity contribution in [3.8, 4) is 11.5 Å². The Kier molecular flexibility index (Phi) is 6.09. The molecule has 0 bridgehead atoms. The monoisotopic (exact) mass is 343 g/mol. The van der Waals surface area contributed by atoms with E-state index in [0.29, 0.717) is 0 Å². The molecule has 1 fully saturated rings. The van der Waals surface area contributed by atoms with Crippen molar-refractivity contribution in [1.29, 1.82) is 0 Å². The van der Waals surface area contributed by atoms with Gasteiger partial charge >= 0.3 is 0 Å². The lowest BCUT2D eigenvalue weighted by Crippen LogP contribution is -2.36. The van der Waals surface area contributed by atoms with E-state index in [0.717, 1.165) is 67.8 Å². The zero-order chi connectivity index (χ0) is 17.5. The molecule has 1 aliphatic heterocycles. The average Bonchev–Trinajstić information content (AvgIpc) is 2.69. The smallest absolute Gasteiger partial charge is 0.128 e. The molecule has 0 aliphatic carbocycles. The third kappa shape index (κ3) is 4.61. The summed E-state index contributed by atoms with van der Waals surface area (Å²) in [5, 5.41) is 3.43. The van der Waals surface area contributed by atoms with E-state index in [1.807, 2.05) is 24.4 Å². The van der Waals surface area contributed by atoms with Crippen molar-refractivity contribution in [2.45, 2.75) is 13.1 Å². The van der Waals surface area contributed by atoms with E-state index in [4.69, 9.17) is 14.2 Å². The number of ether oxygens (including phenoxy) is 3. The van der Waals surface area contributed by atoms with Crippen LogP contribution in [-0.2, 0) is 17.8 Å². The molecule has 6 nitrogen and oxygen atoms in total. The van der Waals surface area contributed by atoms with Crippen LogP contribution in [0.5, 0.6) is 11.5 Å². The molecule has 2 aromatic rings. The number of nitrogens with zero attached hydrogens (tertiary/aromatic N) is 2. The number of hydrogen-bond donors (Lipinski definition) is 1. The highest BCUT2D eigenvalue weighted by Crippen LogP contribution is 2.24. The first kappa shape index (κ1) is 17.5. The first-order valence-electron chi connectivity index (χ1n) is 8.49. The molecule has 3 rings (SSSR count). The Morgan fingerprint density at radius 2 is 1.92 bits per heavy atom. The van der Waals surface area contributed by atoms with Gasteiger partial charge in [0.2, 0.25) is 0 Å². The Labute approximate surface area is 148 Å². The fraction of sp³-hybridized carbons (Fsp3) is 0.421. The number of morpholine rings is 1. The first-order valence-corrected chi connectivity index (χ1v) is 8.49. The summed E-state index contributed by atoms with van der Waals surface area (Å²) in [5.41, 5.74) is 2.26. The number of anilines is 1. The van der Waals surface area contributed by atoms with Crippen LogP contribution in [0.2, 0.25) is 0 Å². The number of methoxy groups -OCH3 is 2. The fourth-order valence-corrected chi connectivity index (χ4v) is 2.84. The highest BCUT2D eigenvalue weighted by atomic mass is 16.5. The minimum Gasteiger partial charge on any atom is -0.497 e. The molecular formula is C19H25N3O3. The van der Waals surface area contributed by atoms with Crippen LogP contribution >= 0.6 is 0 Å². The molecular weight excluding hydrogens is 318 g/mol. The standard InChI is InChI=1S/C19H25N3O3/c1-23-17-5-4-16(18(11-17)24-2)14-20-12-15-3-6-19(21-13-15)22-7-9-25-10-8-22/h3-6,11,13,20H,7-10,12,14H2,1-2H3. The van der Waals surface area contributed by atoms with Crippen LogP contribution in [0.15, 0.2) is 36.5 Å². The van der Waals surface area contributed by atoms with Gasteiger partial charge in [-0.3, -0.25) is 0 Å². The van der Waals surface area contributed by atoms with E-state index in [-0.39, 0.29) is 0 Å². The van der Waals surface area contributed by atoms with Crippen LogP contribution in [0.4, 0.5) is 5.82 Å². The first-order chi connectivity index (χ1) is 12.3. The molecule has 25 heavy (non-hydrogen) atoms. The summed E-state index contributed by atoms with van der Waals surface area (Å²) >= 11 is 0. The number of hydrogen-bond acceptors (Lipinski definition) is 6. The molecule has 1 aromatic heterocycles. The second-order valence-corrected chi connectivity index (χ2v) is 5.91. The Morgan fingerprint density at radius 3 is 2.60 bits per heavy atom. The van der Waals surface area contributed by atoms with Crippen LogP contribution < -0.4 is 19.7 Å². The minimum absolute atomic E-state index is 0.721. The Bertz CT molecular complexity index is 670. The molecule has 0 amide bonds. The normalized spacial score (nSPS) is 14.4. The zero-order valence-corrected chi connectivity index (χ0v) is 14.8. The van der Waals surface area contributed by atoms with E-state index in [9.17, 15) is 0 Å². The van der Waals surface area contributed by atoms with E-state index < -0.39 is 0 Å². The van der Waals surface area contributed by atoms with Crippen molar-refractivity contribution in [2.75, 3.05) is 45.4 Å². The van der Waals surface area contributed by atoms with Gasteiger partial charge in [0.15, 0.2) is 0 Å². The summed E-state index contributed by atoms with van der Waals surface area (Å²) in [6.45, 7) is 4.83. The predicted octanol–water partition coefficient (Wildman–Crippen LogP) is 2.23. The van der Waals surface area contributed by atoms with Crippen LogP contribution in [0.25, 0.3) is 0 Å². The SMILES string of the molecule is COc1ccc(CNCc2ccc(N3CCOCC3)nc2)c(OC)c1. The van der Waals surface area contributed by atoms with Gasteiger partial charge in [-0.2, -0.15) is 0 Å². The Morgan fingerprint density at radius 1 is 1.08 bits per heavy atom. The van der Waals surface area contributed by atoms with Gasteiger partial charge in [0.1, 0.15) is 17.3 Å². The fourth-order valence-electron chi connectivity index (χ4n) is 2.84. The van der Waals surface area contributed by atoms with Gasteiger partial charge in [-0.15, -0.1) is 0 Å². The van der Waals surface area contributed by atoms with Crippen molar-refractivity contribution in [2.24, 2.45) is 0 Å². The van der Waals surface area contributed by atoms with Crippen molar-refractivity contribution in [3.05, 3.63) is 47.7 Å². The van der Waals surface area contributed by atoms with Crippen molar-refractivity contribution >= 4 is 5.82 Å². The highest BCUT2D eigenvalue weighted by Gasteiger charge is 2.12. The van der Waals surface area contributed by atoms with Gasteiger partial charge in [-0.1, -0.05) is 12.1 Å². The zero-order valence-electron chi connectivity index (χ0n) is 14.8. The molecule has 2 heterocycles. The van der Waals surface area contributed by atoms with Gasteiger partial charge in [0.25, 0.3) is 0 Å². The maximum absolute atomic E-state index is 5.43. The van der Waals surface area contributed by atoms with Gasteiger partial charge in [0.05, 0.1) is 27.4 Å². The van der Waals surface area contributed by atoms with E-state index in [2.05, 4.69) is 27.3 Å². The number of rotatable bonds is 7. The maximum atomic E-state index is 5.43. The molecule has 1 aliphatic rings. The molecule has 134 valence electrons. The average molecular weight is 343 g/mol. The Hall–Kier alpha value is -2.31. The molecule has 0 radical (unpaired) electrons. The number of nitrogens with one attached hydrogen (secondary N) is 1. The quantitative estimate of drug-likeness (QED) is 0.832. The van der Waals surface area contributed by atoms with Crippen molar-refractivity contribution in [1.82, 2.24) is 10.3 Å². The van der Waals surface area contributed by atoms with Gasteiger partial charge in [-0.05, 0) is 17.7 Å². The molecule has 1 N–H and O–H groups in total. The topological polar surface area (TPSA) is 55.9 Å². The predicted molar refractivity (Wildman–Crippen MR) is 97.4 cm³/mol. The second-order valence-electron chi connectivity index (χ2n) is 5.91. The maximum Gasteiger partial charge on any atom is 0.128 e. The van der Waals surface area contributed by atoms with Crippen LogP contribution in [0.3, 0.4) is 0 Å². The number of aromatic nitrogens is 1. The minimum atomic E-state index is 0.721. The summed E-state index contributed by atoms with van der Waals surface area (Å²) < 4.78 is 16.0. The molecule has 6 heteroatoms. The summed E-state index contributed by atoms with van der Waals surface area (Å²) in [6.07, 6.45) is 1.93. The third-order valence-electron chi connectivity index (χ3n) is 4.28. The molecule has 0 spiro atoms.